The first-order chi connectivity index (χ1) is 10.7. The molecule has 0 radical (unpaired) electrons. The second-order valence-corrected chi connectivity index (χ2v) is 6.70. The minimum absolute atomic E-state index is 0.815. The average molecular weight is 339 g/mol. The fraction of sp³-hybridized carbons (Fsp3) is 0.562. The minimum Gasteiger partial charge on any atom is -0.369 e. The lowest BCUT2D eigenvalue weighted by molar-refractivity contribution is 0.246. The summed E-state index contributed by atoms with van der Waals surface area (Å²) in [7, 11) is 0. The highest BCUT2D eigenvalue weighted by molar-refractivity contribution is 7.80. The van der Waals surface area contributed by atoms with Crippen molar-refractivity contribution in [2.75, 3.05) is 57.3 Å². The number of nitrogens with one attached hydrogen (secondary N) is 1. The summed E-state index contributed by atoms with van der Waals surface area (Å²) in [5, 5.41) is 4.95. The molecule has 0 amide bonds. The summed E-state index contributed by atoms with van der Waals surface area (Å²) in [5.74, 6) is 0. The van der Waals surface area contributed by atoms with E-state index in [0.717, 1.165) is 62.5 Å². The van der Waals surface area contributed by atoms with Crippen molar-refractivity contribution >= 4 is 34.6 Å². The first-order valence-electron chi connectivity index (χ1n) is 7.98. The lowest BCUT2D eigenvalue weighted by atomic mass is 10.2. The Bertz CT molecular complexity index is 517. The van der Waals surface area contributed by atoms with Gasteiger partial charge in [-0.25, -0.2) is 0 Å². The summed E-state index contributed by atoms with van der Waals surface area (Å²) in [6.07, 6.45) is 1.18. The van der Waals surface area contributed by atoms with Crippen LogP contribution in [0.15, 0.2) is 24.3 Å². The van der Waals surface area contributed by atoms with Gasteiger partial charge in [-0.15, -0.1) is 0 Å². The summed E-state index contributed by atoms with van der Waals surface area (Å²) in [6.45, 7) is 8.67. The zero-order chi connectivity index (χ0) is 15.4. The van der Waals surface area contributed by atoms with Crippen LogP contribution in [-0.2, 0) is 0 Å². The molecule has 0 saturated carbocycles. The Balaban J connectivity index is 1.39. The van der Waals surface area contributed by atoms with Gasteiger partial charge >= 0.3 is 0 Å². The average Bonchev–Trinajstić information content (AvgIpc) is 2.93. The normalized spacial score (nSPS) is 19.6. The molecule has 1 aromatic rings. The third kappa shape index (κ3) is 4.03. The third-order valence-corrected chi connectivity index (χ3v) is 5.03. The SMILES string of the molecule is S=C1NCCN1CCCN1CCN(c2cccc(Cl)c2)CC1. The highest BCUT2D eigenvalue weighted by Crippen LogP contribution is 2.20. The van der Waals surface area contributed by atoms with Gasteiger partial charge in [0.05, 0.1) is 0 Å². The summed E-state index contributed by atoms with van der Waals surface area (Å²) in [5.41, 5.74) is 1.24. The number of anilines is 1. The van der Waals surface area contributed by atoms with Gasteiger partial charge in [-0.3, -0.25) is 4.90 Å². The zero-order valence-corrected chi connectivity index (χ0v) is 14.4. The first kappa shape index (κ1) is 15.8. The van der Waals surface area contributed by atoms with E-state index in [0.29, 0.717) is 0 Å². The number of hydrogen-bond donors (Lipinski definition) is 1. The molecule has 0 spiro atoms. The lowest BCUT2D eigenvalue weighted by Gasteiger charge is -2.36. The van der Waals surface area contributed by atoms with Gasteiger partial charge in [0.1, 0.15) is 0 Å². The van der Waals surface area contributed by atoms with Crippen LogP contribution in [0.4, 0.5) is 5.69 Å². The molecule has 1 N–H and O–H groups in total. The van der Waals surface area contributed by atoms with Crippen molar-refractivity contribution in [3.8, 4) is 0 Å². The number of benzene rings is 1. The number of piperazine rings is 1. The maximum Gasteiger partial charge on any atom is 0.169 e. The molecule has 6 heteroatoms. The van der Waals surface area contributed by atoms with Crippen LogP contribution in [0.25, 0.3) is 0 Å². The van der Waals surface area contributed by atoms with Crippen molar-refractivity contribution < 1.29 is 0 Å². The van der Waals surface area contributed by atoms with Gasteiger partial charge in [0, 0.05) is 56.5 Å². The highest BCUT2D eigenvalue weighted by Gasteiger charge is 2.19. The van der Waals surface area contributed by atoms with Crippen LogP contribution >= 0.6 is 23.8 Å². The molecule has 4 nitrogen and oxygen atoms in total. The molecule has 0 aliphatic carbocycles. The highest BCUT2D eigenvalue weighted by atomic mass is 35.5. The second-order valence-electron chi connectivity index (χ2n) is 5.88. The summed E-state index contributed by atoms with van der Waals surface area (Å²) >= 11 is 11.4. The van der Waals surface area contributed by atoms with Gasteiger partial charge in [-0.1, -0.05) is 17.7 Å². The lowest BCUT2D eigenvalue weighted by Crippen LogP contribution is -2.47. The molecule has 1 aromatic carbocycles. The van der Waals surface area contributed by atoms with E-state index < -0.39 is 0 Å². The van der Waals surface area contributed by atoms with Crippen molar-refractivity contribution in [3.05, 3.63) is 29.3 Å². The molecular weight excluding hydrogens is 316 g/mol. The van der Waals surface area contributed by atoms with Crippen LogP contribution in [-0.4, -0.2) is 67.3 Å². The van der Waals surface area contributed by atoms with Gasteiger partial charge in [-0.05, 0) is 43.4 Å². The Kier molecular flexibility index (Phi) is 5.39. The van der Waals surface area contributed by atoms with Crippen molar-refractivity contribution in [1.82, 2.24) is 15.1 Å². The van der Waals surface area contributed by atoms with E-state index in [2.05, 4.69) is 32.1 Å². The fourth-order valence-electron chi connectivity index (χ4n) is 3.11. The molecule has 2 aliphatic rings. The largest absolute Gasteiger partial charge is 0.369 e. The number of halogens is 1. The molecule has 120 valence electrons. The number of hydrogen-bond acceptors (Lipinski definition) is 3. The molecule has 2 heterocycles. The van der Waals surface area contributed by atoms with Gasteiger partial charge in [-0.2, -0.15) is 0 Å². The number of thiocarbonyl (C=S) groups is 1. The topological polar surface area (TPSA) is 21.8 Å². The van der Waals surface area contributed by atoms with E-state index in [9.17, 15) is 0 Å². The Hall–Kier alpha value is -1.04. The van der Waals surface area contributed by atoms with Crippen molar-refractivity contribution in [3.63, 3.8) is 0 Å². The quantitative estimate of drug-likeness (QED) is 0.827. The van der Waals surface area contributed by atoms with Gasteiger partial charge < -0.3 is 15.1 Å². The maximum absolute atomic E-state index is 6.08. The van der Waals surface area contributed by atoms with Crippen molar-refractivity contribution in [1.29, 1.82) is 0 Å². The molecule has 0 aromatic heterocycles. The predicted molar refractivity (Wildman–Crippen MR) is 96.9 cm³/mol. The number of nitrogens with zero attached hydrogens (tertiary/aromatic N) is 3. The Morgan fingerprint density at radius 1 is 1.09 bits per heavy atom. The van der Waals surface area contributed by atoms with E-state index in [-0.39, 0.29) is 0 Å². The standard InChI is InChI=1S/C16H23ClN4S/c17-14-3-1-4-15(13-14)20-11-9-19(10-12-20)6-2-7-21-8-5-18-16(21)22/h1,3-4,13H,2,5-12H2,(H,18,22). The Morgan fingerprint density at radius 3 is 2.59 bits per heavy atom. The van der Waals surface area contributed by atoms with E-state index in [1.54, 1.807) is 0 Å². The molecule has 3 rings (SSSR count). The molecule has 0 unspecified atom stereocenters. The fourth-order valence-corrected chi connectivity index (χ4v) is 3.58. The predicted octanol–water partition coefficient (Wildman–Crippen LogP) is 2.04. The van der Waals surface area contributed by atoms with Crippen LogP contribution in [0.3, 0.4) is 0 Å². The monoisotopic (exact) mass is 338 g/mol. The molecule has 2 fully saturated rings. The van der Waals surface area contributed by atoms with Crippen LogP contribution in [0.5, 0.6) is 0 Å². The zero-order valence-electron chi connectivity index (χ0n) is 12.8. The van der Waals surface area contributed by atoms with Gasteiger partial charge in [0.2, 0.25) is 0 Å². The summed E-state index contributed by atoms with van der Waals surface area (Å²) in [6, 6.07) is 8.15. The van der Waals surface area contributed by atoms with E-state index >= 15 is 0 Å². The van der Waals surface area contributed by atoms with Gasteiger partial charge in [0.25, 0.3) is 0 Å². The number of rotatable bonds is 5. The van der Waals surface area contributed by atoms with E-state index in [1.807, 2.05) is 12.1 Å². The van der Waals surface area contributed by atoms with Crippen LogP contribution in [0.1, 0.15) is 6.42 Å². The van der Waals surface area contributed by atoms with Crippen molar-refractivity contribution in [2.45, 2.75) is 6.42 Å². The minimum atomic E-state index is 0.815. The van der Waals surface area contributed by atoms with Crippen LogP contribution < -0.4 is 10.2 Å². The van der Waals surface area contributed by atoms with E-state index in [1.165, 1.54) is 12.1 Å². The second kappa shape index (κ2) is 7.49. The molecule has 2 aliphatic heterocycles. The van der Waals surface area contributed by atoms with E-state index in [4.69, 9.17) is 23.8 Å². The maximum atomic E-state index is 6.08. The molecule has 22 heavy (non-hydrogen) atoms. The Labute approximate surface area is 143 Å². The van der Waals surface area contributed by atoms with Crippen molar-refractivity contribution in [2.24, 2.45) is 0 Å². The Morgan fingerprint density at radius 2 is 1.91 bits per heavy atom. The molecule has 2 saturated heterocycles. The summed E-state index contributed by atoms with van der Waals surface area (Å²) in [4.78, 5) is 7.24. The van der Waals surface area contributed by atoms with Crippen LogP contribution in [0, 0.1) is 0 Å². The molecule has 0 bridgehead atoms. The van der Waals surface area contributed by atoms with Gasteiger partial charge in [0.15, 0.2) is 5.11 Å². The summed E-state index contributed by atoms with van der Waals surface area (Å²) < 4.78 is 0. The smallest absolute Gasteiger partial charge is 0.169 e. The van der Waals surface area contributed by atoms with Crippen LogP contribution in [0.2, 0.25) is 5.02 Å². The first-order valence-corrected chi connectivity index (χ1v) is 8.77. The molecule has 0 atom stereocenters. The third-order valence-electron chi connectivity index (χ3n) is 4.39. The molecular formula is C16H23ClN4S.